The molecule has 0 amide bonds. The van der Waals surface area contributed by atoms with Crippen molar-refractivity contribution in [3.63, 3.8) is 0 Å². The van der Waals surface area contributed by atoms with Crippen LogP contribution in [0.5, 0.6) is 0 Å². The molecular weight excluding hydrogens is 367 g/mol. The van der Waals surface area contributed by atoms with Crippen LogP contribution in [0.2, 0.25) is 0 Å². The fraction of sp³-hybridized carbons (Fsp3) is 0.391. The number of hydrogen-bond donors (Lipinski definition) is 0. The normalized spacial score (nSPS) is 17.2. The topological polar surface area (TPSA) is 0 Å². The van der Waals surface area contributed by atoms with E-state index in [-0.39, 0.29) is 10.8 Å². The van der Waals surface area contributed by atoms with Crippen LogP contribution < -0.4 is 0 Å². The van der Waals surface area contributed by atoms with Crippen LogP contribution in [0.15, 0.2) is 42.5 Å². The van der Waals surface area contributed by atoms with Crippen molar-refractivity contribution < 1.29 is 24.7 Å². The molecule has 0 aromatic heterocycles. The van der Waals surface area contributed by atoms with Gasteiger partial charge in [0.1, 0.15) is 0 Å². The molecule has 0 radical (unpaired) electrons. The summed E-state index contributed by atoms with van der Waals surface area (Å²) in [6.45, 7) is 13.8. The van der Waals surface area contributed by atoms with Gasteiger partial charge in [-0.25, -0.2) is 0 Å². The Hall–Kier alpha value is -0.937. The van der Waals surface area contributed by atoms with E-state index in [2.05, 4.69) is 90.1 Å². The number of hydrogen-bond acceptors (Lipinski definition) is 0. The minimum atomic E-state index is 0.154. The monoisotopic (exact) mass is 393 g/mol. The van der Waals surface area contributed by atoms with Gasteiger partial charge in [-0.3, -0.25) is 0 Å². The van der Waals surface area contributed by atoms with Crippen LogP contribution in [0.1, 0.15) is 67.4 Å². The first-order chi connectivity index (χ1) is 11.1. The standard InChI is InChI=1S/C23H27.Zr/c1-22(2,3)18-13-17(14-19(15-18)23(4,5)6)21-12-8-10-16-9-7-11-20(16)21;/h7-15H,1-6H3;/q;+3. The van der Waals surface area contributed by atoms with Gasteiger partial charge in [0.2, 0.25) is 0 Å². The first kappa shape index (κ1) is 17.9. The van der Waals surface area contributed by atoms with Crippen molar-refractivity contribution in [3.8, 4) is 11.1 Å². The summed E-state index contributed by atoms with van der Waals surface area (Å²) in [5.41, 5.74) is 8.80. The van der Waals surface area contributed by atoms with Crippen molar-refractivity contribution in [2.24, 2.45) is 0 Å². The summed E-state index contributed by atoms with van der Waals surface area (Å²) in [4.78, 5) is 0. The molecule has 0 saturated heterocycles. The van der Waals surface area contributed by atoms with Crippen LogP contribution in [0, 0.1) is 0 Å². The maximum absolute atomic E-state index is 2.40. The van der Waals surface area contributed by atoms with E-state index in [0.29, 0.717) is 3.63 Å². The van der Waals surface area contributed by atoms with Gasteiger partial charge in [-0.15, -0.1) is 0 Å². The van der Waals surface area contributed by atoms with Crippen molar-refractivity contribution in [2.45, 2.75) is 56.0 Å². The van der Waals surface area contributed by atoms with E-state index in [0.717, 1.165) is 0 Å². The third kappa shape index (κ3) is 3.38. The Morgan fingerprint density at radius 3 is 1.96 bits per heavy atom. The molecule has 1 atom stereocenters. The molecule has 0 fully saturated rings. The van der Waals surface area contributed by atoms with Gasteiger partial charge >= 0.3 is 163 Å². The number of rotatable bonds is 1. The molecular formula is C23H27Zr+3. The predicted octanol–water partition coefficient (Wildman–Crippen LogP) is 6.56. The molecule has 3 rings (SSSR count). The summed E-state index contributed by atoms with van der Waals surface area (Å²) in [5, 5.41) is 0. The molecule has 0 N–H and O–H groups in total. The molecule has 2 aromatic carbocycles. The second-order valence-electron chi connectivity index (χ2n) is 8.94. The summed E-state index contributed by atoms with van der Waals surface area (Å²) >= 11 is 1.57. The third-order valence-corrected chi connectivity index (χ3v) is 6.14. The van der Waals surface area contributed by atoms with Crippen molar-refractivity contribution in [1.29, 1.82) is 0 Å². The Labute approximate surface area is 162 Å². The molecule has 1 aliphatic carbocycles. The van der Waals surface area contributed by atoms with E-state index in [1.165, 1.54) is 33.4 Å². The molecule has 2 aromatic rings. The second kappa shape index (κ2) is 6.10. The van der Waals surface area contributed by atoms with Gasteiger partial charge in [0, 0.05) is 0 Å². The Morgan fingerprint density at radius 2 is 1.42 bits per heavy atom. The predicted molar refractivity (Wildman–Crippen MR) is 101 cm³/mol. The zero-order valence-corrected chi connectivity index (χ0v) is 18.2. The van der Waals surface area contributed by atoms with Gasteiger partial charge in [-0.1, -0.05) is 0 Å². The van der Waals surface area contributed by atoms with Crippen LogP contribution in [0.25, 0.3) is 17.2 Å². The van der Waals surface area contributed by atoms with Crippen molar-refractivity contribution in [3.05, 3.63) is 64.7 Å². The number of benzene rings is 2. The second-order valence-corrected chi connectivity index (χ2v) is 10.5. The molecule has 0 nitrogen and oxygen atoms in total. The SMILES string of the molecule is CC(C)(C)c1cc(-c2cccc3c2C=C[CH]3[Zr+3])cc(C(C)(C)C)c1. The molecule has 0 bridgehead atoms. The minimum absolute atomic E-state index is 0.154. The van der Waals surface area contributed by atoms with Crippen molar-refractivity contribution >= 4 is 6.08 Å². The molecule has 120 valence electrons. The zero-order valence-electron chi connectivity index (χ0n) is 15.7. The van der Waals surface area contributed by atoms with E-state index in [1.54, 1.807) is 24.7 Å². The van der Waals surface area contributed by atoms with Crippen molar-refractivity contribution in [1.82, 2.24) is 0 Å². The van der Waals surface area contributed by atoms with E-state index in [4.69, 9.17) is 0 Å². The fourth-order valence-corrected chi connectivity index (χ4v) is 4.09. The summed E-state index contributed by atoms with van der Waals surface area (Å²) < 4.78 is 0.611. The van der Waals surface area contributed by atoms with Gasteiger partial charge in [-0.05, 0) is 0 Å². The molecule has 0 heterocycles. The van der Waals surface area contributed by atoms with Crippen LogP contribution in [0.3, 0.4) is 0 Å². The van der Waals surface area contributed by atoms with Gasteiger partial charge in [0.15, 0.2) is 0 Å². The van der Waals surface area contributed by atoms with E-state index in [1.807, 2.05) is 0 Å². The van der Waals surface area contributed by atoms with Crippen LogP contribution in [-0.4, -0.2) is 0 Å². The van der Waals surface area contributed by atoms with E-state index in [9.17, 15) is 0 Å². The molecule has 1 heteroatoms. The molecule has 1 aliphatic rings. The Kier molecular flexibility index (Phi) is 4.54. The third-order valence-electron chi connectivity index (χ3n) is 4.91. The Morgan fingerprint density at radius 1 is 0.833 bits per heavy atom. The van der Waals surface area contributed by atoms with Gasteiger partial charge in [-0.2, -0.15) is 0 Å². The molecule has 0 saturated carbocycles. The van der Waals surface area contributed by atoms with Gasteiger partial charge in [0.05, 0.1) is 0 Å². The first-order valence-electron chi connectivity index (χ1n) is 8.76. The maximum atomic E-state index is 2.40. The van der Waals surface area contributed by atoms with Crippen LogP contribution in [-0.2, 0) is 35.5 Å². The number of allylic oxidation sites excluding steroid dienone is 1. The summed E-state index contributed by atoms with van der Waals surface area (Å²) in [7, 11) is 0. The average Bonchev–Trinajstić information content (AvgIpc) is 2.87. The average molecular weight is 395 g/mol. The van der Waals surface area contributed by atoms with Gasteiger partial charge < -0.3 is 0 Å². The zero-order chi connectivity index (χ0) is 17.7. The summed E-state index contributed by atoms with van der Waals surface area (Å²) in [5.74, 6) is 0. The summed E-state index contributed by atoms with van der Waals surface area (Å²) in [6.07, 6.45) is 4.68. The summed E-state index contributed by atoms with van der Waals surface area (Å²) in [6, 6.07) is 14.0. The Bertz CT molecular complexity index is 766. The van der Waals surface area contributed by atoms with Crippen LogP contribution >= 0.6 is 0 Å². The molecule has 0 aliphatic heterocycles. The Balaban J connectivity index is 2.24. The van der Waals surface area contributed by atoms with E-state index < -0.39 is 0 Å². The van der Waals surface area contributed by atoms with Crippen molar-refractivity contribution in [2.75, 3.05) is 0 Å². The van der Waals surface area contributed by atoms with Crippen LogP contribution in [0.4, 0.5) is 0 Å². The molecule has 24 heavy (non-hydrogen) atoms. The first-order valence-corrected chi connectivity index (χ1v) is 10.2. The molecule has 0 spiro atoms. The fourth-order valence-electron chi connectivity index (χ4n) is 3.24. The van der Waals surface area contributed by atoms with E-state index >= 15 is 0 Å². The molecule has 1 unspecified atom stereocenters. The van der Waals surface area contributed by atoms with Gasteiger partial charge in [0.25, 0.3) is 0 Å². The quantitative estimate of drug-likeness (QED) is 0.513. The number of fused-ring (bicyclic) bond motifs is 1.